The third-order valence-corrected chi connectivity index (χ3v) is 3.04. The summed E-state index contributed by atoms with van der Waals surface area (Å²) in [4.78, 5) is 16.3. The third kappa shape index (κ3) is 4.96. The maximum Gasteiger partial charge on any atom is 0.410 e. The molecule has 1 rings (SSSR count). The number of nitrogens with zero attached hydrogens (tertiary/aromatic N) is 4. The van der Waals surface area contributed by atoms with Crippen LogP contribution in [-0.2, 0) is 4.74 Å². The molecule has 0 bridgehead atoms. The number of hydrogen-bond donors (Lipinski definition) is 1. The van der Waals surface area contributed by atoms with Gasteiger partial charge in [0.25, 0.3) is 0 Å². The maximum absolute atomic E-state index is 12.0. The zero-order valence-electron chi connectivity index (χ0n) is 11.7. The van der Waals surface area contributed by atoms with E-state index in [4.69, 9.17) is 10.3 Å². The number of amides is 1. The Morgan fingerprint density at radius 1 is 1.63 bits per heavy atom. The molecule has 1 amide bonds. The van der Waals surface area contributed by atoms with Gasteiger partial charge >= 0.3 is 6.09 Å². The SMILES string of the molecule is CC(C)(C)OC(=O)N1CCCC(C(CO)N=[N+]=[N-])C1. The van der Waals surface area contributed by atoms with Gasteiger partial charge in [-0.25, -0.2) is 4.79 Å². The normalized spacial score (nSPS) is 21.5. The Kier molecular flexibility index (Phi) is 5.44. The fraction of sp³-hybridized carbons (Fsp3) is 0.917. The second-order valence-corrected chi connectivity index (χ2v) is 5.78. The molecule has 2 unspecified atom stereocenters. The van der Waals surface area contributed by atoms with Crippen molar-refractivity contribution >= 4 is 6.09 Å². The van der Waals surface area contributed by atoms with Gasteiger partial charge in [-0.2, -0.15) is 0 Å². The molecule has 1 heterocycles. The fourth-order valence-electron chi connectivity index (χ4n) is 2.16. The van der Waals surface area contributed by atoms with Gasteiger partial charge < -0.3 is 14.7 Å². The van der Waals surface area contributed by atoms with Crippen LogP contribution in [-0.4, -0.2) is 47.4 Å². The average molecular weight is 270 g/mol. The highest BCUT2D eigenvalue weighted by molar-refractivity contribution is 5.68. The van der Waals surface area contributed by atoms with Crippen molar-refractivity contribution in [3.05, 3.63) is 10.4 Å². The summed E-state index contributed by atoms with van der Waals surface area (Å²) < 4.78 is 5.32. The molecule has 1 fully saturated rings. The molecule has 1 aliphatic rings. The number of rotatable bonds is 3. The summed E-state index contributed by atoms with van der Waals surface area (Å²) in [5, 5.41) is 12.8. The van der Waals surface area contributed by atoms with Gasteiger partial charge in [0.05, 0.1) is 12.6 Å². The Morgan fingerprint density at radius 3 is 2.84 bits per heavy atom. The number of likely N-dealkylation sites (tertiary alicyclic amines) is 1. The molecular formula is C12H22N4O3. The van der Waals surface area contributed by atoms with Crippen LogP contribution < -0.4 is 0 Å². The fourth-order valence-corrected chi connectivity index (χ4v) is 2.16. The topological polar surface area (TPSA) is 98.5 Å². The number of azide groups is 1. The number of aliphatic hydroxyl groups is 1. The third-order valence-electron chi connectivity index (χ3n) is 3.04. The molecule has 7 heteroatoms. The average Bonchev–Trinajstić information content (AvgIpc) is 2.34. The number of carbonyl (C=O) groups is 1. The molecule has 7 nitrogen and oxygen atoms in total. The Labute approximate surface area is 113 Å². The smallest absolute Gasteiger partial charge is 0.410 e. The van der Waals surface area contributed by atoms with E-state index in [2.05, 4.69) is 10.0 Å². The van der Waals surface area contributed by atoms with Crippen LogP contribution in [0, 0.1) is 5.92 Å². The second-order valence-electron chi connectivity index (χ2n) is 5.78. The Morgan fingerprint density at radius 2 is 2.32 bits per heavy atom. The molecule has 0 aliphatic carbocycles. The number of piperidine rings is 1. The Hall–Kier alpha value is -1.46. The van der Waals surface area contributed by atoms with Gasteiger partial charge in [-0.15, -0.1) is 0 Å². The summed E-state index contributed by atoms with van der Waals surface area (Å²) in [6, 6.07) is -0.477. The van der Waals surface area contributed by atoms with Gasteiger partial charge in [-0.1, -0.05) is 5.11 Å². The summed E-state index contributed by atoms with van der Waals surface area (Å²) >= 11 is 0. The number of carbonyl (C=O) groups excluding carboxylic acids is 1. The van der Waals surface area contributed by atoms with E-state index in [1.165, 1.54) is 0 Å². The minimum atomic E-state index is -0.523. The molecule has 0 aromatic heterocycles. The van der Waals surface area contributed by atoms with Crippen molar-refractivity contribution in [2.45, 2.75) is 45.3 Å². The summed E-state index contributed by atoms with van der Waals surface area (Å²) in [7, 11) is 0. The van der Waals surface area contributed by atoms with E-state index in [1.54, 1.807) is 4.90 Å². The van der Waals surface area contributed by atoms with Gasteiger partial charge in [-0.05, 0) is 45.1 Å². The van der Waals surface area contributed by atoms with Crippen LogP contribution in [0.5, 0.6) is 0 Å². The van der Waals surface area contributed by atoms with E-state index in [9.17, 15) is 9.90 Å². The van der Waals surface area contributed by atoms with Crippen molar-refractivity contribution in [1.82, 2.24) is 4.90 Å². The molecular weight excluding hydrogens is 248 g/mol. The maximum atomic E-state index is 12.0. The highest BCUT2D eigenvalue weighted by Gasteiger charge is 2.31. The first-order valence-electron chi connectivity index (χ1n) is 6.50. The lowest BCUT2D eigenvalue weighted by atomic mass is 9.92. The first-order valence-corrected chi connectivity index (χ1v) is 6.50. The summed E-state index contributed by atoms with van der Waals surface area (Å²) in [5.74, 6) is -0.0119. The zero-order valence-corrected chi connectivity index (χ0v) is 11.7. The quantitative estimate of drug-likeness (QED) is 0.484. The molecule has 1 saturated heterocycles. The monoisotopic (exact) mass is 270 g/mol. The van der Waals surface area contributed by atoms with Crippen LogP contribution in [0.2, 0.25) is 0 Å². The van der Waals surface area contributed by atoms with Crippen molar-refractivity contribution in [1.29, 1.82) is 0 Å². The van der Waals surface area contributed by atoms with E-state index in [0.29, 0.717) is 13.1 Å². The molecule has 0 aromatic carbocycles. The van der Waals surface area contributed by atoms with E-state index in [1.807, 2.05) is 20.8 Å². The molecule has 0 saturated carbocycles. The van der Waals surface area contributed by atoms with E-state index in [-0.39, 0.29) is 18.6 Å². The largest absolute Gasteiger partial charge is 0.444 e. The minimum absolute atomic E-state index is 0.0119. The van der Waals surface area contributed by atoms with Crippen LogP contribution in [0.25, 0.3) is 10.4 Å². The predicted molar refractivity (Wildman–Crippen MR) is 70.6 cm³/mol. The summed E-state index contributed by atoms with van der Waals surface area (Å²) in [6.45, 7) is 6.37. The van der Waals surface area contributed by atoms with Gasteiger partial charge in [0.1, 0.15) is 5.60 Å². The molecule has 1 aliphatic heterocycles. The van der Waals surface area contributed by atoms with Crippen LogP contribution >= 0.6 is 0 Å². The molecule has 0 spiro atoms. The summed E-state index contributed by atoms with van der Waals surface area (Å²) in [6.07, 6.45) is 1.31. The minimum Gasteiger partial charge on any atom is -0.444 e. The number of ether oxygens (including phenoxy) is 1. The lowest BCUT2D eigenvalue weighted by Gasteiger charge is -2.35. The first kappa shape index (κ1) is 15.6. The van der Waals surface area contributed by atoms with Crippen molar-refractivity contribution in [2.75, 3.05) is 19.7 Å². The van der Waals surface area contributed by atoms with Crippen LogP contribution in [0.4, 0.5) is 4.79 Å². The van der Waals surface area contributed by atoms with Crippen molar-refractivity contribution in [3.8, 4) is 0 Å². The predicted octanol–water partition coefficient (Wildman–Crippen LogP) is 2.30. The molecule has 2 atom stereocenters. The van der Waals surface area contributed by atoms with E-state index < -0.39 is 11.6 Å². The Balaban J connectivity index is 2.63. The Bertz CT molecular complexity index is 360. The van der Waals surface area contributed by atoms with Crippen molar-refractivity contribution in [3.63, 3.8) is 0 Å². The molecule has 19 heavy (non-hydrogen) atoms. The first-order chi connectivity index (χ1) is 8.87. The van der Waals surface area contributed by atoms with Crippen LogP contribution in [0.3, 0.4) is 0 Å². The van der Waals surface area contributed by atoms with Crippen molar-refractivity contribution in [2.24, 2.45) is 11.0 Å². The van der Waals surface area contributed by atoms with Crippen molar-refractivity contribution < 1.29 is 14.6 Å². The second kappa shape index (κ2) is 6.63. The molecule has 108 valence electrons. The van der Waals surface area contributed by atoms with Crippen LogP contribution in [0.1, 0.15) is 33.6 Å². The highest BCUT2D eigenvalue weighted by Crippen LogP contribution is 2.23. The molecule has 0 radical (unpaired) electrons. The highest BCUT2D eigenvalue weighted by atomic mass is 16.6. The summed E-state index contributed by atoms with van der Waals surface area (Å²) in [5.41, 5.74) is 7.95. The lowest BCUT2D eigenvalue weighted by molar-refractivity contribution is 0.0139. The number of hydrogen-bond acceptors (Lipinski definition) is 4. The lowest BCUT2D eigenvalue weighted by Crippen LogP contribution is -2.45. The van der Waals surface area contributed by atoms with Gasteiger partial charge in [0.15, 0.2) is 0 Å². The van der Waals surface area contributed by atoms with E-state index in [0.717, 1.165) is 12.8 Å². The standard InChI is InChI=1S/C12H22N4O3/c1-12(2,3)19-11(18)16-6-4-5-9(7-16)10(8-17)14-15-13/h9-10,17H,4-8H2,1-3H3. The van der Waals surface area contributed by atoms with E-state index >= 15 is 0 Å². The van der Waals surface area contributed by atoms with Gasteiger partial charge in [-0.3, -0.25) is 0 Å². The molecule has 1 N–H and O–H groups in total. The van der Waals surface area contributed by atoms with Crippen LogP contribution in [0.15, 0.2) is 5.11 Å². The molecule has 0 aromatic rings. The van der Waals surface area contributed by atoms with Gasteiger partial charge in [0.2, 0.25) is 0 Å². The van der Waals surface area contributed by atoms with Gasteiger partial charge in [0, 0.05) is 18.0 Å². The zero-order chi connectivity index (χ0) is 14.5. The number of aliphatic hydroxyl groups excluding tert-OH is 1.